The zero-order valence-corrected chi connectivity index (χ0v) is 18.3. The number of hydrogen-bond acceptors (Lipinski definition) is 7. The van der Waals surface area contributed by atoms with Gasteiger partial charge in [0.05, 0.1) is 35.8 Å². The van der Waals surface area contributed by atoms with Crippen LogP contribution in [0.25, 0.3) is 11.3 Å². The molecule has 0 unspecified atom stereocenters. The molecule has 2 heterocycles. The molecule has 2 N–H and O–H groups in total. The monoisotopic (exact) mass is 440 g/mol. The van der Waals surface area contributed by atoms with E-state index in [0.29, 0.717) is 17.6 Å². The Hall–Kier alpha value is -4.24. The van der Waals surface area contributed by atoms with Gasteiger partial charge in [-0.05, 0) is 50.3 Å². The van der Waals surface area contributed by atoms with Crippen molar-refractivity contribution in [2.45, 2.75) is 38.6 Å². The summed E-state index contributed by atoms with van der Waals surface area (Å²) in [5.41, 5.74) is 3.82. The summed E-state index contributed by atoms with van der Waals surface area (Å²) < 4.78 is 1.96. The molecule has 33 heavy (non-hydrogen) atoms. The molecule has 0 spiro atoms. The number of carbonyl (C=O) groups excluding carboxylic acids is 1. The van der Waals surface area contributed by atoms with Crippen molar-refractivity contribution < 1.29 is 4.79 Å². The molecule has 9 nitrogen and oxygen atoms in total. The highest BCUT2D eigenvalue weighted by Gasteiger charge is 2.22. The molecule has 4 rings (SSSR count). The molecule has 1 saturated carbocycles. The highest BCUT2D eigenvalue weighted by atomic mass is 16.1. The first kappa shape index (κ1) is 22.0. The van der Waals surface area contributed by atoms with Gasteiger partial charge in [-0.25, -0.2) is 9.97 Å². The summed E-state index contributed by atoms with van der Waals surface area (Å²) >= 11 is 0. The molecule has 3 aromatic rings. The maximum atomic E-state index is 12.0. The van der Waals surface area contributed by atoms with Crippen molar-refractivity contribution in [2.75, 3.05) is 11.9 Å². The Kier molecular flexibility index (Phi) is 6.61. The van der Waals surface area contributed by atoms with E-state index >= 15 is 0 Å². The van der Waals surface area contributed by atoms with E-state index < -0.39 is 0 Å². The number of anilines is 2. The number of aromatic nitrogens is 4. The molecule has 0 saturated heterocycles. The number of nitriles is 2. The largest absolute Gasteiger partial charge is 0.339 e. The minimum atomic E-state index is -0.289. The number of aryl methyl sites for hydroxylation is 1. The first-order valence-electron chi connectivity index (χ1n) is 10.9. The highest BCUT2D eigenvalue weighted by Crippen LogP contribution is 2.32. The molecule has 1 aliphatic carbocycles. The Morgan fingerprint density at radius 3 is 2.61 bits per heavy atom. The normalized spacial score (nSPS) is 17.5. The predicted octanol–water partition coefficient (Wildman–Crippen LogP) is 3.90. The Labute approximate surface area is 192 Å². The topological polar surface area (TPSA) is 132 Å². The van der Waals surface area contributed by atoms with Crippen LogP contribution in [0.4, 0.5) is 11.6 Å². The van der Waals surface area contributed by atoms with Gasteiger partial charge in [-0.3, -0.25) is 9.48 Å². The summed E-state index contributed by atoms with van der Waals surface area (Å²) in [6.07, 6.45) is 9.19. The fourth-order valence-corrected chi connectivity index (χ4v) is 4.00. The molecular formula is C24H24N8O. The van der Waals surface area contributed by atoms with Crippen LogP contribution in [0.1, 0.15) is 47.6 Å². The Morgan fingerprint density at radius 1 is 1.15 bits per heavy atom. The van der Waals surface area contributed by atoms with Gasteiger partial charge in [-0.15, -0.1) is 0 Å². The van der Waals surface area contributed by atoms with Gasteiger partial charge in [0.1, 0.15) is 6.54 Å². The van der Waals surface area contributed by atoms with Gasteiger partial charge in [-0.2, -0.15) is 15.6 Å². The zero-order valence-electron chi connectivity index (χ0n) is 18.3. The van der Waals surface area contributed by atoms with Crippen LogP contribution in [-0.4, -0.2) is 32.2 Å². The van der Waals surface area contributed by atoms with Gasteiger partial charge in [0.25, 0.3) is 5.91 Å². The van der Waals surface area contributed by atoms with E-state index in [9.17, 15) is 4.79 Å². The smallest absolute Gasteiger partial charge is 0.252 e. The molecule has 1 fully saturated rings. The van der Waals surface area contributed by atoms with Crippen LogP contribution in [0.2, 0.25) is 0 Å². The summed E-state index contributed by atoms with van der Waals surface area (Å²) in [4.78, 5) is 21.1. The highest BCUT2D eigenvalue weighted by molar-refractivity contribution is 5.94. The summed E-state index contributed by atoms with van der Waals surface area (Å²) in [5, 5.41) is 27.9. The van der Waals surface area contributed by atoms with E-state index in [1.807, 2.05) is 36.0 Å². The standard InChI is InChI=1S/C24H24N8O/c1-16-13-28-24(30-20-14-29-32(15-20)21-8-2-17(12-26)3-9-21)31-22(16)18-4-6-19(7-5-18)23(33)27-11-10-25/h4-7,13-15,17,21H,2-3,8-9,11H2,1H3,(H,27,33)(H,28,30,31)/t17-,21-. The number of carbonyl (C=O) groups is 1. The van der Waals surface area contributed by atoms with Crippen molar-refractivity contribution in [3.8, 4) is 23.4 Å². The predicted molar refractivity (Wildman–Crippen MR) is 122 cm³/mol. The average Bonchev–Trinajstić information content (AvgIpc) is 3.32. The number of rotatable bonds is 6. The van der Waals surface area contributed by atoms with Crippen LogP contribution in [0, 0.1) is 35.5 Å². The van der Waals surface area contributed by atoms with Crippen molar-refractivity contribution in [3.63, 3.8) is 0 Å². The van der Waals surface area contributed by atoms with Crippen LogP contribution >= 0.6 is 0 Å². The maximum Gasteiger partial charge on any atom is 0.252 e. The summed E-state index contributed by atoms with van der Waals surface area (Å²) in [6, 6.07) is 11.6. The van der Waals surface area contributed by atoms with Gasteiger partial charge in [-0.1, -0.05) is 12.1 Å². The third kappa shape index (κ3) is 5.16. The van der Waals surface area contributed by atoms with Crippen molar-refractivity contribution in [3.05, 3.63) is 54.0 Å². The number of nitrogens with zero attached hydrogens (tertiary/aromatic N) is 6. The lowest BCUT2D eigenvalue weighted by atomic mass is 9.87. The van der Waals surface area contributed by atoms with E-state index in [1.165, 1.54) is 0 Å². The lowest BCUT2D eigenvalue weighted by Gasteiger charge is -2.24. The Balaban J connectivity index is 1.46. The van der Waals surface area contributed by atoms with E-state index in [4.69, 9.17) is 10.5 Å². The van der Waals surface area contributed by atoms with Gasteiger partial charge in [0.2, 0.25) is 5.95 Å². The molecule has 1 aromatic carbocycles. The van der Waals surface area contributed by atoms with Crippen LogP contribution in [-0.2, 0) is 0 Å². The Morgan fingerprint density at radius 2 is 1.91 bits per heavy atom. The SMILES string of the molecule is Cc1cnc(Nc2cnn([C@H]3CC[C@H](C#N)CC3)c2)nc1-c1ccc(C(=O)NCC#N)cc1. The third-order valence-corrected chi connectivity index (χ3v) is 5.83. The molecule has 0 aliphatic heterocycles. The third-order valence-electron chi connectivity index (χ3n) is 5.83. The number of nitrogens with one attached hydrogen (secondary N) is 2. The molecule has 0 radical (unpaired) electrons. The molecule has 0 bridgehead atoms. The number of benzene rings is 1. The van der Waals surface area contributed by atoms with Crippen molar-refractivity contribution in [1.29, 1.82) is 10.5 Å². The molecule has 166 valence electrons. The fourth-order valence-electron chi connectivity index (χ4n) is 4.00. The zero-order chi connectivity index (χ0) is 23.2. The summed E-state index contributed by atoms with van der Waals surface area (Å²) in [7, 11) is 0. The first-order valence-corrected chi connectivity index (χ1v) is 10.9. The minimum Gasteiger partial charge on any atom is -0.339 e. The number of amides is 1. The fraction of sp³-hybridized carbons (Fsp3) is 0.333. The first-order chi connectivity index (χ1) is 16.1. The summed E-state index contributed by atoms with van der Waals surface area (Å²) in [5.74, 6) is 0.331. The Bertz CT molecular complexity index is 1210. The van der Waals surface area contributed by atoms with E-state index in [0.717, 1.165) is 48.2 Å². The van der Waals surface area contributed by atoms with Crippen molar-refractivity contribution in [1.82, 2.24) is 25.1 Å². The van der Waals surface area contributed by atoms with Gasteiger partial charge < -0.3 is 10.6 Å². The van der Waals surface area contributed by atoms with E-state index in [-0.39, 0.29) is 18.4 Å². The van der Waals surface area contributed by atoms with E-state index in [1.54, 1.807) is 24.5 Å². The quantitative estimate of drug-likeness (QED) is 0.555. The lowest BCUT2D eigenvalue weighted by molar-refractivity contribution is 0.0958. The molecule has 9 heteroatoms. The van der Waals surface area contributed by atoms with Gasteiger partial charge >= 0.3 is 0 Å². The van der Waals surface area contributed by atoms with Crippen molar-refractivity contribution in [2.24, 2.45) is 5.92 Å². The molecule has 1 amide bonds. The van der Waals surface area contributed by atoms with Crippen LogP contribution < -0.4 is 10.6 Å². The van der Waals surface area contributed by atoms with Gasteiger partial charge in [0, 0.05) is 29.4 Å². The van der Waals surface area contributed by atoms with E-state index in [2.05, 4.69) is 31.8 Å². The molecule has 2 aromatic heterocycles. The van der Waals surface area contributed by atoms with Gasteiger partial charge in [0.15, 0.2) is 0 Å². The lowest BCUT2D eigenvalue weighted by Crippen LogP contribution is -2.23. The molecular weight excluding hydrogens is 416 g/mol. The van der Waals surface area contributed by atoms with Crippen LogP contribution in [0.15, 0.2) is 42.9 Å². The second-order valence-corrected chi connectivity index (χ2v) is 8.11. The molecule has 1 aliphatic rings. The van der Waals surface area contributed by atoms with Crippen molar-refractivity contribution >= 4 is 17.5 Å². The second kappa shape index (κ2) is 9.92. The number of hydrogen-bond donors (Lipinski definition) is 2. The average molecular weight is 441 g/mol. The second-order valence-electron chi connectivity index (χ2n) is 8.11. The maximum absolute atomic E-state index is 12.0. The van der Waals surface area contributed by atoms with Crippen LogP contribution in [0.5, 0.6) is 0 Å². The van der Waals surface area contributed by atoms with Crippen LogP contribution in [0.3, 0.4) is 0 Å². The summed E-state index contributed by atoms with van der Waals surface area (Å²) in [6.45, 7) is 1.90. The minimum absolute atomic E-state index is 0.0294. The molecule has 0 atom stereocenters.